The van der Waals surface area contributed by atoms with Gasteiger partial charge < -0.3 is 14.3 Å². The molecule has 0 aliphatic carbocycles. The van der Waals surface area contributed by atoms with Crippen LogP contribution in [0.2, 0.25) is 0 Å². The molecule has 3 heterocycles. The van der Waals surface area contributed by atoms with Crippen LogP contribution in [0.25, 0.3) is 0 Å². The van der Waals surface area contributed by atoms with Gasteiger partial charge >= 0.3 is 0 Å². The summed E-state index contributed by atoms with van der Waals surface area (Å²) in [4.78, 5) is 29.4. The normalized spacial score (nSPS) is 22.7. The van der Waals surface area contributed by atoms with Crippen molar-refractivity contribution in [3.8, 4) is 0 Å². The van der Waals surface area contributed by atoms with E-state index in [0.29, 0.717) is 38.4 Å². The average molecular weight is 371 g/mol. The highest BCUT2D eigenvalue weighted by atomic mass is 19.1. The van der Waals surface area contributed by atoms with Gasteiger partial charge in [-0.3, -0.25) is 9.59 Å². The zero-order valence-electron chi connectivity index (χ0n) is 15.3. The molecule has 1 unspecified atom stereocenters. The predicted octanol–water partition coefficient (Wildman–Crippen LogP) is 2.78. The van der Waals surface area contributed by atoms with Crippen molar-refractivity contribution in [1.82, 2.24) is 15.0 Å². The Morgan fingerprint density at radius 2 is 2.04 bits per heavy atom. The first-order valence-electron chi connectivity index (χ1n) is 9.23. The summed E-state index contributed by atoms with van der Waals surface area (Å²) in [5.74, 6) is 0.205. The van der Waals surface area contributed by atoms with Crippen LogP contribution < -0.4 is 0 Å². The molecule has 1 atom stereocenters. The van der Waals surface area contributed by atoms with Crippen LogP contribution in [0.3, 0.4) is 0 Å². The summed E-state index contributed by atoms with van der Waals surface area (Å²) >= 11 is 0. The second-order valence-electron chi connectivity index (χ2n) is 7.54. The number of carbonyl (C=O) groups is 2. The SMILES string of the molecule is Cc1cc(C(=O)N2CCC3(CCCN(Cc4ccc(F)cc4)C3=O)C2)no1. The minimum absolute atomic E-state index is 0.0877. The maximum atomic E-state index is 13.2. The Kier molecular flexibility index (Phi) is 4.45. The van der Waals surface area contributed by atoms with Gasteiger partial charge in [0.2, 0.25) is 5.91 Å². The summed E-state index contributed by atoms with van der Waals surface area (Å²) in [7, 11) is 0. The van der Waals surface area contributed by atoms with E-state index in [0.717, 1.165) is 18.4 Å². The van der Waals surface area contributed by atoms with E-state index in [1.807, 2.05) is 4.90 Å². The Morgan fingerprint density at radius 3 is 2.74 bits per heavy atom. The molecule has 6 nitrogen and oxygen atoms in total. The highest BCUT2D eigenvalue weighted by Gasteiger charge is 2.49. The number of piperidine rings is 1. The number of hydrogen-bond donors (Lipinski definition) is 0. The Bertz CT molecular complexity index is 864. The van der Waals surface area contributed by atoms with Crippen LogP contribution in [0, 0.1) is 18.2 Å². The van der Waals surface area contributed by atoms with Gasteiger partial charge in [0, 0.05) is 32.2 Å². The third-order valence-electron chi connectivity index (χ3n) is 5.60. The van der Waals surface area contributed by atoms with Crippen molar-refractivity contribution < 1.29 is 18.5 Å². The third-order valence-corrected chi connectivity index (χ3v) is 5.60. The number of carbonyl (C=O) groups excluding carboxylic acids is 2. The summed E-state index contributed by atoms with van der Waals surface area (Å²) in [6.45, 7) is 3.86. The lowest BCUT2D eigenvalue weighted by molar-refractivity contribution is -0.146. The molecule has 2 fully saturated rings. The molecule has 2 aliphatic heterocycles. The second kappa shape index (κ2) is 6.79. The van der Waals surface area contributed by atoms with E-state index in [1.54, 1.807) is 30.0 Å². The van der Waals surface area contributed by atoms with E-state index >= 15 is 0 Å². The van der Waals surface area contributed by atoms with Crippen molar-refractivity contribution in [2.45, 2.75) is 32.7 Å². The lowest BCUT2D eigenvalue weighted by Crippen LogP contribution is -2.50. The summed E-state index contributed by atoms with van der Waals surface area (Å²) in [6.07, 6.45) is 2.35. The lowest BCUT2D eigenvalue weighted by Gasteiger charge is -2.39. The van der Waals surface area contributed by atoms with Crippen LogP contribution >= 0.6 is 0 Å². The second-order valence-corrected chi connectivity index (χ2v) is 7.54. The number of amides is 2. The van der Waals surface area contributed by atoms with E-state index < -0.39 is 5.41 Å². The number of halogens is 1. The molecule has 2 amide bonds. The van der Waals surface area contributed by atoms with Gasteiger partial charge in [-0.1, -0.05) is 17.3 Å². The first kappa shape index (κ1) is 17.7. The molecule has 7 heteroatoms. The maximum absolute atomic E-state index is 13.2. The summed E-state index contributed by atoms with van der Waals surface area (Å²) < 4.78 is 18.1. The zero-order chi connectivity index (χ0) is 19.0. The number of hydrogen-bond acceptors (Lipinski definition) is 4. The first-order chi connectivity index (χ1) is 13.0. The average Bonchev–Trinajstić information content (AvgIpc) is 3.28. The molecular formula is C20H22FN3O3. The molecule has 2 saturated heterocycles. The van der Waals surface area contributed by atoms with Crippen molar-refractivity contribution in [2.24, 2.45) is 5.41 Å². The predicted molar refractivity (Wildman–Crippen MR) is 95.2 cm³/mol. The van der Waals surface area contributed by atoms with E-state index in [4.69, 9.17) is 4.52 Å². The van der Waals surface area contributed by atoms with E-state index in [2.05, 4.69) is 5.16 Å². The van der Waals surface area contributed by atoms with Crippen LogP contribution in [0.5, 0.6) is 0 Å². The van der Waals surface area contributed by atoms with Gasteiger partial charge in [-0.25, -0.2) is 4.39 Å². The monoisotopic (exact) mass is 371 g/mol. The highest BCUT2D eigenvalue weighted by molar-refractivity contribution is 5.94. The van der Waals surface area contributed by atoms with Crippen molar-refractivity contribution in [3.63, 3.8) is 0 Å². The Morgan fingerprint density at radius 1 is 1.26 bits per heavy atom. The number of aryl methyl sites for hydroxylation is 1. The molecule has 2 aliphatic rings. The Hall–Kier alpha value is -2.70. The van der Waals surface area contributed by atoms with Crippen molar-refractivity contribution in [1.29, 1.82) is 0 Å². The van der Waals surface area contributed by atoms with E-state index in [1.165, 1.54) is 12.1 Å². The molecule has 142 valence electrons. The molecule has 1 spiro atoms. The fraction of sp³-hybridized carbons (Fsp3) is 0.450. The van der Waals surface area contributed by atoms with Gasteiger partial charge in [0.1, 0.15) is 11.6 Å². The topological polar surface area (TPSA) is 66.7 Å². The molecule has 4 rings (SSSR count). The smallest absolute Gasteiger partial charge is 0.276 e. The Balaban J connectivity index is 1.47. The van der Waals surface area contributed by atoms with Crippen LogP contribution in [-0.2, 0) is 11.3 Å². The number of nitrogens with zero attached hydrogens (tertiary/aromatic N) is 3. The molecule has 27 heavy (non-hydrogen) atoms. The largest absolute Gasteiger partial charge is 0.361 e. The van der Waals surface area contributed by atoms with E-state index in [9.17, 15) is 14.0 Å². The van der Waals surface area contributed by atoms with Gasteiger partial charge in [-0.15, -0.1) is 0 Å². The summed E-state index contributed by atoms with van der Waals surface area (Å²) in [5.41, 5.74) is 0.675. The quantitative estimate of drug-likeness (QED) is 0.832. The molecule has 1 aromatic carbocycles. The van der Waals surface area contributed by atoms with Gasteiger partial charge in [-0.2, -0.15) is 0 Å². The fourth-order valence-corrected chi connectivity index (χ4v) is 4.17. The molecule has 2 aromatic rings. The third kappa shape index (κ3) is 3.34. The summed E-state index contributed by atoms with van der Waals surface area (Å²) in [5, 5.41) is 3.80. The molecule has 0 saturated carbocycles. The van der Waals surface area contributed by atoms with Crippen LogP contribution in [0.1, 0.15) is 41.1 Å². The zero-order valence-corrected chi connectivity index (χ0v) is 15.3. The molecule has 0 bridgehead atoms. The maximum Gasteiger partial charge on any atom is 0.276 e. The molecular weight excluding hydrogens is 349 g/mol. The highest BCUT2D eigenvalue weighted by Crippen LogP contribution is 2.40. The Labute approximate surface area is 156 Å². The molecule has 0 radical (unpaired) electrons. The fourth-order valence-electron chi connectivity index (χ4n) is 4.17. The number of benzene rings is 1. The molecule has 1 aromatic heterocycles. The van der Waals surface area contributed by atoms with Crippen molar-refractivity contribution in [2.75, 3.05) is 19.6 Å². The number of rotatable bonds is 3. The minimum Gasteiger partial charge on any atom is -0.361 e. The lowest BCUT2D eigenvalue weighted by atomic mass is 9.78. The van der Waals surface area contributed by atoms with Gasteiger partial charge in [0.25, 0.3) is 5.91 Å². The van der Waals surface area contributed by atoms with E-state index in [-0.39, 0.29) is 23.3 Å². The van der Waals surface area contributed by atoms with Crippen molar-refractivity contribution in [3.05, 3.63) is 53.2 Å². The number of likely N-dealkylation sites (tertiary alicyclic amines) is 2. The summed E-state index contributed by atoms with van der Waals surface area (Å²) in [6, 6.07) is 7.87. The van der Waals surface area contributed by atoms with Gasteiger partial charge in [-0.05, 0) is 43.9 Å². The first-order valence-corrected chi connectivity index (χ1v) is 9.23. The minimum atomic E-state index is -0.521. The number of aromatic nitrogens is 1. The van der Waals surface area contributed by atoms with Crippen LogP contribution in [0.15, 0.2) is 34.9 Å². The molecule has 0 N–H and O–H groups in total. The van der Waals surface area contributed by atoms with Crippen molar-refractivity contribution >= 4 is 11.8 Å². The standard InChI is InChI=1S/C20H22FN3O3/c1-14-11-17(22-27-14)18(25)24-10-8-20(13-24)7-2-9-23(19(20)26)12-15-3-5-16(21)6-4-15/h3-6,11H,2,7-10,12-13H2,1H3. The van der Waals surface area contributed by atoms with Crippen LogP contribution in [0.4, 0.5) is 4.39 Å². The van der Waals surface area contributed by atoms with Crippen LogP contribution in [-0.4, -0.2) is 46.4 Å². The van der Waals surface area contributed by atoms with Gasteiger partial charge in [0.15, 0.2) is 5.69 Å². The van der Waals surface area contributed by atoms with Gasteiger partial charge in [0.05, 0.1) is 5.41 Å².